The topological polar surface area (TPSA) is 69.7 Å². The summed E-state index contributed by atoms with van der Waals surface area (Å²) >= 11 is 0. The zero-order valence-corrected chi connectivity index (χ0v) is 19.7. The van der Waals surface area contributed by atoms with E-state index in [2.05, 4.69) is 4.72 Å². The van der Waals surface area contributed by atoms with Gasteiger partial charge in [-0.2, -0.15) is 13.2 Å². The molecule has 0 bridgehead atoms. The molecule has 1 aliphatic heterocycles. The van der Waals surface area contributed by atoms with E-state index < -0.39 is 21.8 Å². The third-order valence-corrected chi connectivity index (χ3v) is 7.08. The molecule has 2 amide bonds. The van der Waals surface area contributed by atoms with Crippen molar-refractivity contribution in [3.05, 3.63) is 89.5 Å². The van der Waals surface area contributed by atoms with Gasteiger partial charge >= 0.3 is 12.2 Å². The Kier molecular flexibility index (Phi) is 6.75. The van der Waals surface area contributed by atoms with Crippen molar-refractivity contribution in [2.45, 2.75) is 31.0 Å². The first kappa shape index (κ1) is 24.6. The van der Waals surface area contributed by atoms with Crippen LogP contribution < -0.4 is 9.62 Å². The van der Waals surface area contributed by atoms with E-state index in [4.69, 9.17) is 0 Å². The minimum atomic E-state index is -4.46. The number of alkyl halides is 3. The third-order valence-electron chi connectivity index (χ3n) is 5.68. The van der Waals surface area contributed by atoms with Crippen LogP contribution >= 0.6 is 0 Å². The quantitative estimate of drug-likeness (QED) is 0.473. The summed E-state index contributed by atoms with van der Waals surface area (Å²) in [5.41, 5.74) is 1.35. The first-order valence-corrected chi connectivity index (χ1v) is 12.4. The smallest absolute Gasteiger partial charge is 0.320 e. The van der Waals surface area contributed by atoms with Crippen LogP contribution in [0.2, 0.25) is 0 Å². The average Bonchev–Trinajstić information content (AvgIpc) is 2.80. The van der Waals surface area contributed by atoms with Crippen LogP contribution in [0.1, 0.15) is 23.1 Å². The second-order valence-corrected chi connectivity index (χ2v) is 10.1. The third kappa shape index (κ3) is 5.76. The van der Waals surface area contributed by atoms with Crippen LogP contribution in [0.3, 0.4) is 0 Å². The van der Waals surface area contributed by atoms with Crippen LogP contribution in [0.25, 0.3) is 0 Å². The summed E-state index contributed by atoms with van der Waals surface area (Å²) in [6.07, 6.45) is -3.84. The van der Waals surface area contributed by atoms with Gasteiger partial charge in [0, 0.05) is 25.3 Å². The molecule has 35 heavy (non-hydrogen) atoms. The van der Waals surface area contributed by atoms with Crippen molar-refractivity contribution in [2.75, 3.05) is 22.7 Å². The molecule has 3 aromatic rings. The molecule has 1 aliphatic rings. The fraction of sp³-hybridized carbons (Fsp3) is 0.240. The van der Waals surface area contributed by atoms with E-state index in [1.165, 1.54) is 28.0 Å². The molecule has 3 aromatic carbocycles. The van der Waals surface area contributed by atoms with Crippen LogP contribution in [-0.2, 0) is 22.7 Å². The lowest BCUT2D eigenvalue weighted by molar-refractivity contribution is -0.137. The number of halogens is 3. The Hall–Kier alpha value is -3.53. The van der Waals surface area contributed by atoms with E-state index in [0.717, 1.165) is 17.7 Å². The summed E-state index contributed by atoms with van der Waals surface area (Å²) in [6.45, 7) is 2.72. The maximum absolute atomic E-state index is 13.2. The highest BCUT2D eigenvalue weighted by Gasteiger charge is 2.31. The number of hydrogen-bond donors (Lipinski definition) is 1. The van der Waals surface area contributed by atoms with Crippen molar-refractivity contribution in [2.24, 2.45) is 0 Å². The summed E-state index contributed by atoms with van der Waals surface area (Å²) in [5.74, 6) is 0. The Labute approximate surface area is 202 Å². The SMILES string of the molecule is Cc1ccc(S(=O)(=O)Nc2cccc(N3CCCN(Cc4cccc(C(F)(F)F)c4)C3=O)c2)cc1. The minimum Gasteiger partial charge on any atom is -0.320 e. The number of urea groups is 1. The molecule has 0 atom stereocenters. The fourth-order valence-corrected chi connectivity index (χ4v) is 4.95. The first-order valence-electron chi connectivity index (χ1n) is 10.9. The predicted molar refractivity (Wildman–Crippen MR) is 128 cm³/mol. The Morgan fingerprint density at radius 3 is 2.37 bits per heavy atom. The van der Waals surface area contributed by atoms with E-state index in [9.17, 15) is 26.4 Å². The zero-order chi connectivity index (χ0) is 25.2. The average molecular weight is 504 g/mol. The van der Waals surface area contributed by atoms with Crippen molar-refractivity contribution in [3.8, 4) is 0 Å². The van der Waals surface area contributed by atoms with Crippen molar-refractivity contribution in [1.82, 2.24) is 4.90 Å². The first-order chi connectivity index (χ1) is 16.5. The molecule has 0 saturated carbocycles. The highest BCUT2D eigenvalue weighted by atomic mass is 32.2. The summed E-state index contributed by atoms with van der Waals surface area (Å²) in [4.78, 5) is 16.3. The molecule has 6 nitrogen and oxygen atoms in total. The molecule has 1 heterocycles. The van der Waals surface area contributed by atoms with E-state index in [0.29, 0.717) is 36.4 Å². The number of anilines is 2. The van der Waals surface area contributed by atoms with E-state index in [1.807, 2.05) is 6.92 Å². The standard InChI is InChI=1S/C25H24F3N3O3S/c1-18-9-11-23(12-10-18)35(33,34)29-21-7-3-8-22(16-21)31-14-4-13-30(24(31)32)17-19-5-2-6-20(15-19)25(26,27)28/h2-3,5-12,15-16,29H,4,13-14,17H2,1H3. The minimum absolute atomic E-state index is 0.0407. The lowest BCUT2D eigenvalue weighted by Gasteiger charge is -2.36. The highest BCUT2D eigenvalue weighted by Crippen LogP contribution is 2.30. The van der Waals surface area contributed by atoms with Gasteiger partial charge in [-0.1, -0.05) is 35.9 Å². The number of benzene rings is 3. The molecule has 4 rings (SSSR count). The van der Waals surface area contributed by atoms with Gasteiger partial charge in [0.2, 0.25) is 0 Å². The molecule has 0 radical (unpaired) electrons. The van der Waals surface area contributed by atoms with Gasteiger partial charge in [-0.25, -0.2) is 13.2 Å². The second-order valence-electron chi connectivity index (χ2n) is 8.38. The largest absolute Gasteiger partial charge is 0.416 e. The zero-order valence-electron chi connectivity index (χ0n) is 18.9. The van der Waals surface area contributed by atoms with Gasteiger partial charge in [0.1, 0.15) is 0 Å². The fourth-order valence-electron chi connectivity index (χ4n) is 3.90. The number of hydrogen-bond acceptors (Lipinski definition) is 3. The molecule has 1 saturated heterocycles. The summed E-state index contributed by atoms with van der Waals surface area (Å²) in [5, 5.41) is 0. The summed E-state index contributed by atoms with van der Waals surface area (Å²) in [7, 11) is -3.81. The van der Waals surface area contributed by atoms with Gasteiger partial charge in [0.05, 0.1) is 16.1 Å². The Bertz CT molecular complexity index is 1330. The highest BCUT2D eigenvalue weighted by molar-refractivity contribution is 7.92. The number of sulfonamides is 1. The predicted octanol–water partition coefficient (Wildman–Crippen LogP) is 5.65. The molecule has 10 heteroatoms. The Balaban J connectivity index is 1.51. The van der Waals surface area contributed by atoms with E-state index in [-0.39, 0.29) is 17.5 Å². The number of carbonyl (C=O) groups excluding carboxylic acids is 1. The lowest BCUT2D eigenvalue weighted by atomic mass is 10.1. The molecule has 0 aliphatic carbocycles. The van der Waals surface area contributed by atoms with Gasteiger partial charge in [-0.05, 0) is 61.4 Å². The second kappa shape index (κ2) is 9.61. The Morgan fingerprint density at radius 2 is 1.66 bits per heavy atom. The maximum atomic E-state index is 13.2. The molecule has 0 unspecified atom stereocenters. The van der Waals surface area contributed by atoms with Gasteiger partial charge in [0.25, 0.3) is 10.0 Å². The van der Waals surface area contributed by atoms with E-state index in [1.54, 1.807) is 42.5 Å². The van der Waals surface area contributed by atoms with Crippen LogP contribution in [-0.4, -0.2) is 32.4 Å². The van der Waals surface area contributed by atoms with E-state index >= 15 is 0 Å². The number of amides is 2. The number of nitrogens with zero attached hydrogens (tertiary/aromatic N) is 2. The van der Waals surface area contributed by atoms with Gasteiger partial charge in [-0.15, -0.1) is 0 Å². The van der Waals surface area contributed by atoms with Crippen molar-refractivity contribution in [1.29, 1.82) is 0 Å². The summed E-state index contributed by atoms with van der Waals surface area (Å²) < 4.78 is 67.2. The number of nitrogens with one attached hydrogen (secondary N) is 1. The van der Waals surface area contributed by atoms with Crippen LogP contribution in [0.15, 0.2) is 77.7 Å². The lowest BCUT2D eigenvalue weighted by Crippen LogP contribution is -2.49. The van der Waals surface area contributed by atoms with Crippen LogP contribution in [0, 0.1) is 6.92 Å². The van der Waals surface area contributed by atoms with Crippen molar-refractivity contribution < 1.29 is 26.4 Å². The molecule has 0 aromatic heterocycles. The number of aryl methyl sites for hydroxylation is 1. The number of carbonyl (C=O) groups is 1. The van der Waals surface area contributed by atoms with Crippen molar-refractivity contribution >= 4 is 27.4 Å². The Morgan fingerprint density at radius 1 is 0.943 bits per heavy atom. The summed E-state index contributed by atoms with van der Waals surface area (Å²) in [6, 6.07) is 17.5. The monoisotopic (exact) mass is 503 g/mol. The van der Waals surface area contributed by atoms with Gasteiger partial charge in [0.15, 0.2) is 0 Å². The molecular weight excluding hydrogens is 479 g/mol. The van der Waals surface area contributed by atoms with Crippen molar-refractivity contribution in [3.63, 3.8) is 0 Å². The van der Waals surface area contributed by atoms with Crippen LogP contribution in [0.5, 0.6) is 0 Å². The van der Waals surface area contributed by atoms with Crippen LogP contribution in [0.4, 0.5) is 29.3 Å². The van der Waals surface area contributed by atoms with Gasteiger partial charge < -0.3 is 4.90 Å². The van der Waals surface area contributed by atoms with Gasteiger partial charge in [-0.3, -0.25) is 9.62 Å². The molecular formula is C25H24F3N3O3S. The molecule has 184 valence electrons. The molecule has 1 N–H and O–H groups in total. The normalized spacial score (nSPS) is 14.8. The molecule has 0 spiro atoms. The maximum Gasteiger partial charge on any atom is 0.416 e. The molecule has 1 fully saturated rings. The number of rotatable bonds is 6.